The summed E-state index contributed by atoms with van der Waals surface area (Å²) in [5.74, 6) is -0.449. The molecular weight excluding hydrogens is 743 g/mol. The topological polar surface area (TPSA) is 95.9 Å². The highest BCUT2D eigenvalue weighted by Crippen LogP contribution is 2.19. The van der Waals surface area contributed by atoms with Crippen LogP contribution in [0.3, 0.4) is 0 Å². The minimum atomic E-state index is -0.779. The summed E-state index contributed by atoms with van der Waals surface area (Å²) in [6.07, 6.45) is 53.0. The summed E-state index contributed by atoms with van der Waals surface area (Å²) >= 11 is 0. The lowest BCUT2D eigenvalue weighted by molar-refractivity contribution is -0.151. The maximum absolute atomic E-state index is 13.2. The molecule has 6 nitrogen and oxygen atoms in total. The molecule has 0 aliphatic rings. The second kappa shape index (κ2) is 48.9. The van der Waals surface area contributed by atoms with E-state index in [0.717, 1.165) is 44.9 Å². The predicted molar refractivity (Wildman–Crippen MR) is 260 cm³/mol. The van der Waals surface area contributed by atoms with Crippen LogP contribution in [-0.4, -0.2) is 46.9 Å². The minimum absolute atomic E-state index is 0.0881. The Hall–Kier alpha value is -1.14. The van der Waals surface area contributed by atoms with Crippen molar-refractivity contribution in [1.29, 1.82) is 0 Å². The largest absolute Gasteiger partial charge is 0.462 e. The number of esters is 1. The lowest BCUT2D eigenvalue weighted by atomic mass is 10.0. The number of nitrogens with one attached hydrogen (secondary N) is 1. The normalized spacial score (nSPS) is 13.1. The monoisotopic (exact) mass is 850 g/mol. The number of ether oxygens (including phenoxy) is 1. The van der Waals surface area contributed by atoms with E-state index in [9.17, 15) is 19.8 Å². The van der Waals surface area contributed by atoms with Crippen molar-refractivity contribution in [1.82, 2.24) is 5.32 Å². The number of carbonyl (C=O) groups is 2. The first kappa shape index (κ1) is 58.9. The Kier molecular flexibility index (Phi) is 48.0. The van der Waals surface area contributed by atoms with Gasteiger partial charge in [-0.2, -0.15) is 0 Å². The summed E-state index contributed by atoms with van der Waals surface area (Å²) in [6.45, 7) is 6.52. The Morgan fingerprint density at radius 2 is 0.700 bits per heavy atom. The summed E-state index contributed by atoms with van der Waals surface area (Å²) in [4.78, 5) is 26.1. The van der Waals surface area contributed by atoms with Crippen LogP contribution in [0.5, 0.6) is 0 Å². The molecule has 3 N–H and O–H groups in total. The van der Waals surface area contributed by atoms with E-state index in [0.29, 0.717) is 19.3 Å². The van der Waals surface area contributed by atoms with Crippen LogP contribution in [0.15, 0.2) is 0 Å². The molecule has 6 heteroatoms. The van der Waals surface area contributed by atoms with Gasteiger partial charge in [-0.25, -0.2) is 0 Å². The third kappa shape index (κ3) is 43.5. The Balaban J connectivity index is 4.49. The smallest absolute Gasteiger partial charge is 0.306 e. The van der Waals surface area contributed by atoms with Gasteiger partial charge in [-0.05, 0) is 25.7 Å². The van der Waals surface area contributed by atoms with E-state index in [2.05, 4.69) is 26.1 Å². The zero-order chi connectivity index (χ0) is 43.8. The van der Waals surface area contributed by atoms with Crippen LogP contribution in [0.25, 0.3) is 0 Å². The van der Waals surface area contributed by atoms with Crippen LogP contribution in [0, 0.1) is 0 Å². The highest BCUT2D eigenvalue weighted by molar-refractivity contribution is 5.77. The number of aliphatic hydroxyl groups excluding tert-OH is 2. The first-order valence-corrected chi connectivity index (χ1v) is 27.3. The molecule has 0 aromatic heterocycles. The lowest BCUT2D eigenvalue weighted by Gasteiger charge is -2.24. The molecule has 0 radical (unpaired) electrons. The molecule has 0 fully saturated rings. The second-order valence-corrected chi connectivity index (χ2v) is 19.0. The average molecular weight is 850 g/mol. The molecule has 0 aromatic rings. The number of carbonyl (C=O) groups excluding carboxylic acids is 2. The number of rotatable bonds is 50. The predicted octanol–water partition coefficient (Wildman–Crippen LogP) is 16.4. The Labute approximate surface area is 375 Å². The van der Waals surface area contributed by atoms with Gasteiger partial charge in [-0.1, -0.05) is 271 Å². The van der Waals surface area contributed by atoms with Gasteiger partial charge in [0.25, 0.3) is 0 Å². The number of hydrogen-bond donors (Lipinski definition) is 3. The van der Waals surface area contributed by atoms with Gasteiger partial charge in [0, 0.05) is 6.42 Å². The summed E-state index contributed by atoms with van der Waals surface area (Å²) in [7, 11) is 0. The summed E-state index contributed by atoms with van der Waals surface area (Å²) in [5, 5.41) is 23.8. The van der Waals surface area contributed by atoms with E-state index in [1.165, 1.54) is 218 Å². The Morgan fingerprint density at radius 3 is 1.02 bits per heavy atom. The van der Waals surface area contributed by atoms with Gasteiger partial charge in [0.2, 0.25) is 5.91 Å². The van der Waals surface area contributed by atoms with E-state index >= 15 is 0 Å². The molecule has 60 heavy (non-hydrogen) atoms. The molecule has 3 atom stereocenters. The van der Waals surface area contributed by atoms with Crippen LogP contribution < -0.4 is 5.32 Å². The fourth-order valence-corrected chi connectivity index (χ4v) is 8.79. The van der Waals surface area contributed by atoms with E-state index < -0.39 is 18.2 Å². The van der Waals surface area contributed by atoms with Crippen molar-refractivity contribution < 1.29 is 24.5 Å². The van der Waals surface area contributed by atoms with Crippen LogP contribution in [-0.2, 0) is 14.3 Å². The minimum Gasteiger partial charge on any atom is -0.462 e. The third-order valence-electron chi connectivity index (χ3n) is 12.9. The van der Waals surface area contributed by atoms with Crippen LogP contribution in [0.4, 0.5) is 0 Å². The molecule has 0 heterocycles. The molecule has 0 saturated heterocycles. The second-order valence-electron chi connectivity index (χ2n) is 19.0. The first-order valence-electron chi connectivity index (χ1n) is 27.3. The van der Waals surface area contributed by atoms with E-state index in [-0.39, 0.29) is 24.9 Å². The van der Waals surface area contributed by atoms with Crippen LogP contribution >= 0.6 is 0 Å². The highest BCUT2D eigenvalue weighted by atomic mass is 16.5. The fraction of sp³-hybridized carbons (Fsp3) is 0.963. The van der Waals surface area contributed by atoms with E-state index in [1.54, 1.807) is 0 Å². The molecule has 0 saturated carbocycles. The SMILES string of the molecule is CCCCCCCCCCCCCCCCCCC(CC(=O)NC(CO)C(O)CCCCCCCCCCCCCCCC)OC(=O)CCCCCCCCCCCCC. The first-order chi connectivity index (χ1) is 29.5. The third-order valence-corrected chi connectivity index (χ3v) is 12.9. The van der Waals surface area contributed by atoms with E-state index in [4.69, 9.17) is 4.74 Å². The molecule has 0 aliphatic heterocycles. The van der Waals surface area contributed by atoms with Gasteiger partial charge in [0.1, 0.15) is 6.10 Å². The Bertz CT molecular complexity index is 867. The van der Waals surface area contributed by atoms with Gasteiger partial charge in [0.15, 0.2) is 0 Å². The number of aliphatic hydroxyl groups is 2. The van der Waals surface area contributed by atoms with Crippen molar-refractivity contribution in [2.75, 3.05) is 6.61 Å². The standard InChI is InChI=1S/C54H107NO5/c1-4-7-10-13-16-19-22-24-26-27-28-31-33-36-39-42-45-50(60-54(59)47-44-41-38-35-30-21-18-15-12-9-6-3)48-53(58)55-51(49-56)52(57)46-43-40-37-34-32-29-25-23-20-17-14-11-8-5-2/h50-52,56-57H,4-49H2,1-3H3,(H,55,58). The lowest BCUT2D eigenvalue weighted by Crippen LogP contribution is -2.46. The quantitative estimate of drug-likeness (QED) is 0.0419. The molecular formula is C54H107NO5. The molecule has 358 valence electrons. The zero-order valence-electron chi connectivity index (χ0n) is 40.9. The van der Waals surface area contributed by atoms with Crippen molar-refractivity contribution in [3.8, 4) is 0 Å². The molecule has 0 rings (SSSR count). The summed E-state index contributed by atoms with van der Waals surface area (Å²) in [6, 6.07) is -0.692. The number of hydrogen-bond acceptors (Lipinski definition) is 5. The Morgan fingerprint density at radius 1 is 0.417 bits per heavy atom. The molecule has 3 unspecified atom stereocenters. The van der Waals surface area contributed by atoms with Gasteiger partial charge in [0.05, 0.1) is 25.2 Å². The van der Waals surface area contributed by atoms with Crippen LogP contribution in [0.2, 0.25) is 0 Å². The van der Waals surface area contributed by atoms with Crippen molar-refractivity contribution in [3.63, 3.8) is 0 Å². The fourth-order valence-electron chi connectivity index (χ4n) is 8.79. The highest BCUT2D eigenvalue weighted by Gasteiger charge is 2.24. The van der Waals surface area contributed by atoms with Gasteiger partial charge >= 0.3 is 5.97 Å². The average Bonchev–Trinajstić information content (AvgIpc) is 3.24. The number of unbranched alkanes of at least 4 members (excludes halogenated alkanes) is 38. The van der Waals surface area contributed by atoms with Crippen LogP contribution in [0.1, 0.15) is 310 Å². The summed E-state index contributed by atoms with van der Waals surface area (Å²) in [5.41, 5.74) is 0. The van der Waals surface area contributed by atoms with Gasteiger partial charge in [-0.15, -0.1) is 0 Å². The van der Waals surface area contributed by atoms with Crippen molar-refractivity contribution in [2.24, 2.45) is 0 Å². The van der Waals surface area contributed by atoms with E-state index in [1.807, 2.05) is 0 Å². The van der Waals surface area contributed by atoms with Crippen molar-refractivity contribution in [2.45, 2.75) is 328 Å². The van der Waals surface area contributed by atoms with Gasteiger partial charge in [-0.3, -0.25) is 9.59 Å². The van der Waals surface area contributed by atoms with Crippen molar-refractivity contribution in [3.05, 3.63) is 0 Å². The molecule has 0 aromatic carbocycles. The molecule has 0 bridgehead atoms. The maximum atomic E-state index is 13.2. The maximum Gasteiger partial charge on any atom is 0.306 e. The summed E-state index contributed by atoms with van der Waals surface area (Å²) < 4.78 is 5.94. The molecule has 0 aliphatic carbocycles. The molecule has 0 spiro atoms. The van der Waals surface area contributed by atoms with Gasteiger partial charge < -0.3 is 20.3 Å². The van der Waals surface area contributed by atoms with Crippen molar-refractivity contribution >= 4 is 11.9 Å². The number of amides is 1. The molecule has 1 amide bonds. The zero-order valence-corrected chi connectivity index (χ0v) is 40.9.